The molecule has 8 heteroatoms. The fraction of sp³-hybridized carbons (Fsp3) is 0.143. The number of pyridine rings is 1. The molecule has 0 bridgehead atoms. The molecular weight excluding hydrogens is 450 g/mol. The van der Waals surface area contributed by atoms with Crippen LogP contribution in [0.4, 0.5) is 0 Å². The molecule has 0 atom stereocenters. The quantitative estimate of drug-likeness (QED) is 0.390. The zero-order valence-corrected chi connectivity index (χ0v) is 18.2. The summed E-state index contributed by atoms with van der Waals surface area (Å²) in [6, 6.07) is 11.7. The Bertz CT molecular complexity index is 1420. The molecule has 6 nitrogen and oxygen atoms in total. The molecule has 4 heterocycles. The van der Waals surface area contributed by atoms with Gasteiger partial charge in [0.2, 0.25) is 0 Å². The Labute approximate surface area is 178 Å². The Morgan fingerprint density at radius 1 is 1.14 bits per heavy atom. The lowest BCUT2D eigenvalue weighted by Crippen LogP contribution is -2.27. The maximum atomic E-state index is 13.4. The maximum absolute atomic E-state index is 13.4. The summed E-state index contributed by atoms with van der Waals surface area (Å²) >= 11 is 5.08. The van der Waals surface area contributed by atoms with Gasteiger partial charge in [-0.1, -0.05) is 28.1 Å². The highest BCUT2D eigenvalue weighted by Crippen LogP contribution is 2.32. The number of rotatable bonds is 3. The first-order valence-electron chi connectivity index (χ1n) is 9.07. The molecule has 0 amide bonds. The highest BCUT2D eigenvalue weighted by molar-refractivity contribution is 9.10. The van der Waals surface area contributed by atoms with E-state index in [9.17, 15) is 4.79 Å². The van der Waals surface area contributed by atoms with Crippen LogP contribution < -0.4 is 5.69 Å². The molecule has 1 aromatic carbocycles. The number of fused-ring (bicyclic) bond motifs is 3. The van der Waals surface area contributed by atoms with Crippen molar-refractivity contribution in [3.63, 3.8) is 0 Å². The normalized spacial score (nSPS) is 11.6. The summed E-state index contributed by atoms with van der Waals surface area (Å²) in [5.41, 5.74) is 3.36. The van der Waals surface area contributed by atoms with E-state index in [2.05, 4.69) is 39.9 Å². The van der Waals surface area contributed by atoms with Gasteiger partial charge in [-0.3, -0.25) is 9.55 Å². The Hall–Kier alpha value is -2.84. The zero-order chi connectivity index (χ0) is 20.1. The largest absolute Gasteiger partial charge is 0.352 e. The van der Waals surface area contributed by atoms with Gasteiger partial charge in [0.1, 0.15) is 4.83 Å². The lowest BCUT2D eigenvalue weighted by atomic mass is 10.2. The van der Waals surface area contributed by atoms with Crippen molar-refractivity contribution in [2.45, 2.75) is 20.4 Å². The van der Waals surface area contributed by atoms with Crippen molar-refractivity contribution in [3.05, 3.63) is 79.8 Å². The number of nitrogens with zero attached hydrogens (tertiary/aromatic N) is 5. The van der Waals surface area contributed by atoms with Gasteiger partial charge in [-0.2, -0.15) is 4.52 Å². The monoisotopic (exact) mass is 465 g/mol. The number of aryl methyl sites for hydroxylation is 2. The molecule has 0 saturated heterocycles. The van der Waals surface area contributed by atoms with E-state index in [0.717, 1.165) is 31.4 Å². The van der Waals surface area contributed by atoms with Crippen molar-refractivity contribution in [3.8, 4) is 11.4 Å². The van der Waals surface area contributed by atoms with Crippen LogP contribution in [0.2, 0.25) is 0 Å². The van der Waals surface area contributed by atoms with Gasteiger partial charge in [-0.15, -0.1) is 16.4 Å². The topological polar surface area (TPSA) is 65.1 Å². The third-order valence-corrected chi connectivity index (χ3v) is 6.79. The van der Waals surface area contributed by atoms with Crippen LogP contribution >= 0.6 is 27.3 Å². The molecule has 0 saturated carbocycles. The maximum Gasteiger partial charge on any atom is 0.352 e. The Morgan fingerprint density at radius 2 is 1.93 bits per heavy atom. The number of aromatic nitrogens is 5. The summed E-state index contributed by atoms with van der Waals surface area (Å²) in [7, 11) is 0. The zero-order valence-electron chi connectivity index (χ0n) is 15.8. The molecule has 4 aromatic heterocycles. The average molecular weight is 466 g/mol. The SMILES string of the molecule is Cc1sc2c(c1C)c1nc(-c3cccnc3)nn1c(=O)n2Cc1ccc(Br)cc1. The van der Waals surface area contributed by atoms with Crippen LogP contribution in [0.1, 0.15) is 16.0 Å². The van der Waals surface area contributed by atoms with Gasteiger partial charge in [0.25, 0.3) is 0 Å². The van der Waals surface area contributed by atoms with Crippen molar-refractivity contribution >= 4 is 43.1 Å². The molecule has 0 spiro atoms. The molecule has 5 aromatic rings. The summed E-state index contributed by atoms with van der Waals surface area (Å²) < 4.78 is 4.22. The molecule has 0 unspecified atom stereocenters. The van der Waals surface area contributed by atoms with Gasteiger partial charge in [-0.25, -0.2) is 9.78 Å². The molecule has 0 fully saturated rings. The number of thiophene rings is 1. The Kier molecular flexibility index (Phi) is 4.33. The van der Waals surface area contributed by atoms with E-state index in [-0.39, 0.29) is 5.69 Å². The summed E-state index contributed by atoms with van der Waals surface area (Å²) in [5.74, 6) is 0.501. The minimum Gasteiger partial charge on any atom is -0.278 e. The van der Waals surface area contributed by atoms with Gasteiger partial charge >= 0.3 is 5.69 Å². The van der Waals surface area contributed by atoms with Crippen LogP contribution in [0.3, 0.4) is 0 Å². The predicted molar refractivity (Wildman–Crippen MR) is 119 cm³/mol. The van der Waals surface area contributed by atoms with E-state index in [1.54, 1.807) is 28.3 Å². The summed E-state index contributed by atoms with van der Waals surface area (Å²) in [6.07, 6.45) is 3.41. The highest BCUT2D eigenvalue weighted by Gasteiger charge is 2.20. The van der Waals surface area contributed by atoms with E-state index in [1.807, 2.05) is 36.4 Å². The minimum atomic E-state index is -0.195. The van der Waals surface area contributed by atoms with Crippen molar-refractivity contribution in [2.24, 2.45) is 0 Å². The van der Waals surface area contributed by atoms with Gasteiger partial charge in [0, 0.05) is 27.3 Å². The molecule has 144 valence electrons. The second-order valence-corrected chi connectivity index (χ2v) is 8.99. The molecule has 0 N–H and O–H groups in total. The summed E-state index contributed by atoms with van der Waals surface area (Å²) in [5, 5.41) is 5.51. The molecule has 5 rings (SSSR count). The average Bonchev–Trinajstić information content (AvgIpc) is 3.29. The van der Waals surface area contributed by atoms with Crippen LogP contribution in [0.15, 0.2) is 58.1 Å². The van der Waals surface area contributed by atoms with Crippen molar-refractivity contribution in [2.75, 3.05) is 0 Å². The lowest BCUT2D eigenvalue weighted by molar-refractivity contribution is 0.720. The fourth-order valence-corrected chi connectivity index (χ4v) is 4.81. The van der Waals surface area contributed by atoms with Crippen molar-refractivity contribution in [1.29, 1.82) is 0 Å². The first kappa shape index (κ1) is 18.2. The molecular formula is C21H16BrN5OS. The van der Waals surface area contributed by atoms with E-state index < -0.39 is 0 Å². The van der Waals surface area contributed by atoms with E-state index in [1.165, 1.54) is 9.39 Å². The number of benzene rings is 1. The van der Waals surface area contributed by atoms with Crippen molar-refractivity contribution in [1.82, 2.24) is 24.1 Å². The first-order chi connectivity index (χ1) is 14.0. The molecule has 0 aliphatic carbocycles. The van der Waals surface area contributed by atoms with Crippen LogP contribution in [-0.2, 0) is 6.54 Å². The van der Waals surface area contributed by atoms with Crippen LogP contribution in [-0.4, -0.2) is 24.1 Å². The minimum absolute atomic E-state index is 0.195. The van der Waals surface area contributed by atoms with Crippen LogP contribution in [0.5, 0.6) is 0 Å². The first-order valence-corrected chi connectivity index (χ1v) is 10.7. The Balaban J connectivity index is 1.80. The van der Waals surface area contributed by atoms with Crippen LogP contribution in [0.25, 0.3) is 27.3 Å². The van der Waals surface area contributed by atoms with Crippen LogP contribution in [0, 0.1) is 13.8 Å². The molecule has 0 radical (unpaired) electrons. The lowest BCUT2D eigenvalue weighted by Gasteiger charge is -2.09. The van der Waals surface area contributed by atoms with Gasteiger partial charge in [0.15, 0.2) is 11.5 Å². The van der Waals surface area contributed by atoms with Gasteiger partial charge in [-0.05, 0) is 49.2 Å². The summed E-state index contributed by atoms with van der Waals surface area (Å²) in [6.45, 7) is 4.62. The molecule has 29 heavy (non-hydrogen) atoms. The van der Waals surface area contributed by atoms with E-state index in [0.29, 0.717) is 18.0 Å². The highest BCUT2D eigenvalue weighted by atomic mass is 79.9. The number of hydrogen-bond acceptors (Lipinski definition) is 5. The Morgan fingerprint density at radius 3 is 2.66 bits per heavy atom. The number of halogens is 1. The van der Waals surface area contributed by atoms with E-state index in [4.69, 9.17) is 4.98 Å². The fourth-order valence-electron chi connectivity index (χ4n) is 3.40. The van der Waals surface area contributed by atoms with Crippen molar-refractivity contribution < 1.29 is 0 Å². The standard InChI is InChI=1S/C21H16BrN5OS/c1-12-13(2)29-20-17(12)19-24-18(15-4-3-9-23-10-15)25-27(19)21(28)26(20)11-14-5-7-16(22)8-6-14/h3-10H,11H2,1-2H3. The van der Waals surface area contributed by atoms with E-state index >= 15 is 0 Å². The van der Waals surface area contributed by atoms with Gasteiger partial charge in [0.05, 0.1) is 11.9 Å². The third kappa shape index (κ3) is 2.99. The number of hydrogen-bond donors (Lipinski definition) is 0. The van der Waals surface area contributed by atoms with Gasteiger partial charge < -0.3 is 0 Å². The smallest absolute Gasteiger partial charge is 0.278 e. The third-order valence-electron chi connectivity index (χ3n) is 5.03. The second-order valence-electron chi connectivity index (χ2n) is 6.87. The molecule has 0 aliphatic heterocycles. The second kappa shape index (κ2) is 6.89. The predicted octanol–water partition coefficient (Wildman–Crippen LogP) is 4.60. The molecule has 0 aliphatic rings. The summed E-state index contributed by atoms with van der Waals surface area (Å²) in [4.78, 5) is 24.3.